The largest absolute Gasteiger partial charge is 0.480 e. The lowest BCUT2D eigenvalue weighted by molar-refractivity contribution is -0.141. The van der Waals surface area contributed by atoms with Crippen LogP contribution in [0, 0.1) is 0 Å². The van der Waals surface area contributed by atoms with Gasteiger partial charge in [0.1, 0.15) is 18.1 Å². The lowest BCUT2D eigenvalue weighted by Crippen LogP contribution is -2.54. The maximum absolute atomic E-state index is 11.8. The summed E-state index contributed by atoms with van der Waals surface area (Å²) in [6.45, 7) is 5.77. The summed E-state index contributed by atoms with van der Waals surface area (Å²) in [6.07, 6.45) is 0.380. The zero-order valence-corrected chi connectivity index (χ0v) is 12.0. The number of rotatable bonds is 7. The summed E-state index contributed by atoms with van der Waals surface area (Å²) in [4.78, 5) is 45.0. The van der Waals surface area contributed by atoms with Gasteiger partial charge in [0.05, 0.1) is 0 Å². The highest BCUT2D eigenvalue weighted by Crippen LogP contribution is 1.94. The topological polar surface area (TPSA) is 125 Å². The highest BCUT2D eigenvalue weighted by molar-refractivity contribution is 5.92. The molecule has 0 aliphatic heterocycles. The third-order valence-electron chi connectivity index (χ3n) is 2.58. The molecule has 0 saturated carbocycles. The van der Waals surface area contributed by atoms with Crippen molar-refractivity contribution >= 4 is 23.7 Å². The molecule has 0 bridgehead atoms. The molecule has 20 heavy (non-hydrogen) atoms. The molecule has 0 fully saturated rings. The number of carbonyl (C=O) groups excluding carboxylic acids is 3. The fourth-order valence-corrected chi connectivity index (χ4v) is 1.38. The summed E-state index contributed by atoms with van der Waals surface area (Å²) in [5.74, 6) is -2.61. The summed E-state index contributed by atoms with van der Waals surface area (Å²) < 4.78 is 0. The number of amides is 3. The van der Waals surface area contributed by atoms with Gasteiger partial charge in [0.25, 0.3) is 0 Å². The summed E-state index contributed by atoms with van der Waals surface area (Å²) in [6, 6.07) is -2.66. The average Bonchev–Trinajstić information content (AvgIpc) is 2.34. The number of carbonyl (C=O) groups is 4. The molecular formula is C12H21N3O5. The van der Waals surface area contributed by atoms with Crippen molar-refractivity contribution in [3.63, 3.8) is 0 Å². The normalized spacial score (nSPS) is 14.6. The van der Waals surface area contributed by atoms with E-state index in [0.717, 1.165) is 0 Å². The first-order valence-electron chi connectivity index (χ1n) is 6.29. The Morgan fingerprint density at radius 2 is 1.45 bits per heavy atom. The van der Waals surface area contributed by atoms with Crippen molar-refractivity contribution in [1.29, 1.82) is 0 Å². The van der Waals surface area contributed by atoms with E-state index >= 15 is 0 Å². The van der Waals surface area contributed by atoms with Gasteiger partial charge in [-0.3, -0.25) is 19.2 Å². The number of hydrogen-bond donors (Lipinski definition) is 4. The number of carboxylic acids is 1. The third kappa shape index (κ3) is 6.17. The molecule has 0 heterocycles. The van der Waals surface area contributed by atoms with Crippen molar-refractivity contribution in [2.24, 2.45) is 0 Å². The van der Waals surface area contributed by atoms with E-state index in [-0.39, 0.29) is 5.91 Å². The molecule has 3 amide bonds. The Hall–Kier alpha value is -2.12. The molecule has 0 aromatic rings. The first-order valence-corrected chi connectivity index (χ1v) is 6.29. The summed E-state index contributed by atoms with van der Waals surface area (Å²) in [5, 5.41) is 15.8. The minimum absolute atomic E-state index is 0.344. The molecular weight excluding hydrogens is 266 g/mol. The van der Waals surface area contributed by atoms with Crippen molar-refractivity contribution in [1.82, 2.24) is 16.0 Å². The van der Waals surface area contributed by atoms with Gasteiger partial charge in [-0.05, 0) is 20.3 Å². The quantitative estimate of drug-likeness (QED) is 0.478. The first kappa shape index (κ1) is 17.9. The van der Waals surface area contributed by atoms with E-state index in [9.17, 15) is 19.2 Å². The van der Waals surface area contributed by atoms with Crippen LogP contribution in [-0.4, -0.2) is 46.9 Å². The van der Waals surface area contributed by atoms with Gasteiger partial charge in [-0.1, -0.05) is 6.92 Å². The van der Waals surface area contributed by atoms with Crippen molar-refractivity contribution in [2.45, 2.75) is 52.2 Å². The van der Waals surface area contributed by atoms with E-state index in [1.54, 1.807) is 6.92 Å². The van der Waals surface area contributed by atoms with Crippen LogP contribution in [0.15, 0.2) is 0 Å². The number of nitrogens with one attached hydrogen (secondary N) is 3. The van der Waals surface area contributed by atoms with Crippen molar-refractivity contribution < 1.29 is 24.3 Å². The summed E-state index contributed by atoms with van der Waals surface area (Å²) in [5.41, 5.74) is 0. The smallest absolute Gasteiger partial charge is 0.325 e. The van der Waals surface area contributed by atoms with Gasteiger partial charge in [-0.25, -0.2) is 0 Å². The molecule has 0 unspecified atom stereocenters. The fourth-order valence-electron chi connectivity index (χ4n) is 1.38. The van der Waals surface area contributed by atoms with Gasteiger partial charge in [0.15, 0.2) is 0 Å². The number of hydrogen-bond acceptors (Lipinski definition) is 4. The van der Waals surface area contributed by atoms with Crippen LogP contribution in [0.4, 0.5) is 0 Å². The van der Waals surface area contributed by atoms with E-state index in [4.69, 9.17) is 5.11 Å². The molecule has 3 atom stereocenters. The van der Waals surface area contributed by atoms with Gasteiger partial charge in [0.2, 0.25) is 17.7 Å². The predicted molar refractivity (Wildman–Crippen MR) is 70.7 cm³/mol. The van der Waals surface area contributed by atoms with E-state index < -0.39 is 35.9 Å². The second-order valence-corrected chi connectivity index (χ2v) is 4.46. The lowest BCUT2D eigenvalue weighted by atomic mass is 10.2. The van der Waals surface area contributed by atoms with Crippen molar-refractivity contribution in [3.8, 4) is 0 Å². The van der Waals surface area contributed by atoms with E-state index in [1.807, 2.05) is 0 Å². The molecule has 8 heteroatoms. The molecule has 114 valence electrons. The maximum Gasteiger partial charge on any atom is 0.325 e. The maximum atomic E-state index is 11.8. The monoisotopic (exact) mass is 287 g/mol. The SMILES string of the molecule is CC[C@H](NC(C)=O)C(=O)N[C@H](C)C(=O)N[C@H](C)C(=O)O. The van der Waals surface area contributed by atoms with E-state index in [2.05, 4.69) is 16.0 Å². The summed E-state index contributed by atoms with van der Waals surface area (Å²) in [7, 11) is 0. The second kappa shape index (κ2) is 8.13. The molecule has 0 aliphatic rings. The Morgan fingerprint density at radius 3 is 1.85 bits per heavy atom. The van der Waals surface area contributed by atoms with Crippen LogP contribution in [-0.2, 0) is 19.2 Å². The Balaban J connectivity index is 4.46. The highest BCUT2D eigenvalue weighted by Gasteiger charge is 2.24. The zero-order valence-electron chi connectivity index (χ0n) is 12.0. The molecule has 0 saturated heterocycles. The molecule has 4 N–H and O–H groups in total. The van der Waals surface area contributed by atoms with Gasteiger partial charge < -0.3 is 21.1 Å². The zero-order chi connectivity index (χ0) is 15.9. The van der Waals surface area contributed by atoms with Gasteiger partial charge in [0, 0.05) is 6.92 Å². The predicted octanol–water partition coefficient (Wildman–Crippen LogP) is -1.00. The van der Waals surface area contributed by atoms with Crippen LogP contribution in [0.1, 0.15) is 34.1 Å². The Labute approximate surface area is 117 Å². The Kier molecular flexibility index (Phi) is 7.27. The van der Waals surface area contributed by atoms with Crippen molar-refractivity contribution in [3.05, 3.63) is 0 Å². The highest BCUT2D eigenvalue weighted by atomic mass is 16.4. The molecule has 0 rings (SSSR count). The summed E-state index contributed by atoms with van der Waals surface area (Å²) >= 11 is 0. The average molecular weight is 287 g/mol. The van der Waals surface area contributed by atoms with Gasteiger partial charge in [-0.15, -0.1) is 0 Å². The first-order chi connectivity index (χ1) is 9.18. The fraction of sp³-hybridized carbons (Fsp3) is 0.667. The van der Waals surface area contributed by atoms with Crippen LogP contribution in [0.3, 0.4) is 0 Å². The molecule has 8 nitrogen and oxygen atoms in total. The van der Waals surface area contributed by atoms with E-state index in [1.165, 1.54) is 20.8 Å². The minimum atomic E-state index is -1.17. The van der Waals surface area contributed by atoms with E-state index in [0.29, 0.717) is 6.42 Å². The van der Waals surface area contributed by atoms with Crippen LogP contribution in [0.2, 0.25) is 0 Å². The standard InChI is InChI=1S/C12H21N3O5/c1-5-9(15-8(4)16)11(18)13-6(2)10(17)14-7(3)12(19)20/h6-7,9H,5H2,1-4H3,(H,13,18)(H,14,17)(H,15,16)(H,19,20)/t6-,7-,9+/m1/s1. The van der Waals surface area contributed by atoms with Gasteiger partial charge >= 0.3 is 5.97 Å². The Morgan fingerprint density at radius 1 is 0.950 bits per heavy atom. The van der Waals surface area contributed by atoms with Crippen LogP contribution in [0.5, 0.6) is 0 Å². The molecule has 0 aromatic carbocycles. The van der Waals surface area contributed by atoms with Crippen LogP contribution >= 0.6 is 0 Å². The number of carboxylic acid groups (broad SMARTS) is 1. The molecule has 0 radical (unpaired) electrons. The van der Waals surface area contributed by atoms with Crippen LogP contribution in [0.25, 0.3) is 0 Å². The van der Waals surface area contributed by atoms with Crippen molar-refractivity contribution in [2.75, 3.05) is 0 Å². The number of aliphatic carboxylic acids is 1. The minimum Gasteiger partial charge on any atom is -0.480 e. The van der Waals surface area contributed by atoms with Gasteiger partial charge in [-0.2, -0.15) is 0 Å². The molecule has 0 aliphatic carbocycles. The Bertz CT molecular complexity index is 397. The molecule has 0 aromatic heterocycles. The van der Waals surface area contributed by atoms with Crippen LogP contribution < -0.4 is 16.0 Å². The third-order valence-corrected chi connectivity index (χ3v) is 2.58. The second-order valence-electron chi connectivity index (χ2n) is 4.46. The molecule has 0 spiro atoms. The lowest BCUT2D eigenvalue weighted by Gasteiger charge is -2.20.